The minimum absolute atomic E-state index is 0.115. The lowest BCUT2D eigenvalue weighted by molar-refractivity contribution is -0.519. The maximum atomic E-state index is 11.8. The fourth-order valence-corrected chi connectivity index (χ4v) is 1.66. The minimum atomic E-state index is -0.575. The highest BCUT2D eigenvalue weighted by Crippen LogP contribution is 2.12. The molecule has 0 radical (unpaired) electrons. The molecule has 0 aliphatic carbocycles. The standard InChI is InChI=1S/C12H19N3O3/c1-10(3-4-11(2)15(17)18)12(16)5-7-14-8-6-13-9-14/h6,8-11H,3-5,7H2,1-2H3. The van der Waals surface area contributed by atoms with Crippen LogP contribution >= 0.6 is 0 Å². The number of ketones is 1. The lowest BCUT2D eigenvalue weighted by Crippen LogP contribution is -2.19. The zero-order valence-electron chi connectivity index (χ0n) is 10.8. The largest absolute Gasteiger partial charge is 0.337 e. The van der Waals surface area contributed by atoms with Crippen LogP contribution in [0.3, 0.4) is 0 Å². The number of hydrogen-bond donors (Lipinski definition) is 0. The molecule has 0 spiro atoms. The van der Waals surface area contributed by atoms with Crippen molar-refractivity contribution in [2.24, 2.45) is 5.92 Å². The van der Waals surface area contributed by atoms with E-state index in [0.717, 1.165) is 0 Å². The SMILES string of the molecule is CC(CCC(C)[N+](=O)[O-])C(=O)CCn1ccnc1. The van der Waals surface area contributed by atoms with Crippen LogP contribution in [-0.4, -0.2) is 26.3 Å². The van der Waals surface area contributed by atoms with Crippen LogP contribution in [0.25, 0.3) is 0 Å². The van der Waals surface area contributed by atoms with Gasteiger partial charge in [0.2, 0.25) is 6.04 Å². The molecule has 18 heavy (non-hydrogen) atoms. The van der Waals surface area contributed by atoms with Gasteiger partial charge < -0.3 is 4.57 Å². The van der Waals surface area contributed by atoms with Crippen molar-refractivity contribution in [3.63, 3.8) is 0 Å². The molecule has 2 atom stereocenters. The van der Waals surface area contributed by atoms with Crippen LogP contribution in [0.4, 0.5) is 0 Å². The van der Waals surface area contributed by atoms with Gasteiger partial charge in [-0.25, -0.2) is 4.98 Å². The first-order valence-corrected chi connectivity index (χ1v) is 6.12. The van der Waals surface area contributed by atoms with Crippen LogP contribution in [0, 0.1) is 16.0 Å². The van der Waals surface area contributed by atoms with Crippen molar-refractivity contribution >= 4 is 5.78 Å². The number of nitro groups is 1. The monoisotopic (exact) mass is 253 g/mol. The third-order valence-corrected chi connectivity index (χ3v) is 3.10. The molecule has 1 aromatic rings. The molecule has 1 aromatic heterocycles. The van der Waals surface area contributed by atoms with E-state index in [4.69, 9.17) is 0 Å². The average Bonchev–Trinajstić information content (AvgIpc) is 2.85. The highest BCUT2D eigenvalue weighted by molar-refractivity contribution is 5.80. The summed E-state index contributed by atoms with van der Waals surface area (Å²) in [6.45, 7) is 4.03. The first-order valence-electron chi connectivity index (χ1n) is 6.12. The smallest absolute Gasteiger partial charge is 0.210 e. The predicted octanol–water partition coefficient (Wildman–Crippen LogP) is 1.92. The van der Waals surface area contributed by atoms with Crippen molar-refractivity contribution < 1.29 is 9.72 Å². The molecule has 0 aromatic carbocycles. The molecular formula is C12H19N3O3. The van der Waals surface area contributed by atoms with E-state index in [1.165, 1.54) is 0 Å². The average molecular weight is 253 g/mol. The number of Topliss-reactive ketones (excluding diaryl/α,β-unsaturated/α-hetero) is 1. The zero-order chi connectivity index (χ0) is 13.5. The van der Waals surface area contributed by atoms with E-state index in [2.05, 4.69) is 4.98 Å². The molecule has 0 fully saturated rings. The summed E-state index contributed by atoms with van der Waals surface area (Å²) in [5.41, 5.74) is 0. The molecule has 1 rings (SSSR count). The van der Waals surface area contributed by atoms with Crippen molar-refractivity contribution in [3.05, 3.63) is 28.8 Å². The van der Waals surface area contributed by atoms with Crippen LogP contribution < -0.4 is 0 Å². The summed E-state index contributed by atoms with van der Waals surface area (Å²) in [6, 6.07) is -0.575. The van der Waals surface area contributed by atoms with Gasteiger partial charge in [-0.15, -0.1) is 0 Å². The molecule has 2 unspecified atom stereocenters. The normalized spacial score (nSPS) is 14.1. The Labute approximate surface area is 106 Å². The van der Waals surface area contributed by atoms with E-state index in [0.29, 0.717) is 25.8 Å². The van der Waals surface area contributed by atoms with Crippen molar-refractivity contribution in [1.82, 2.24) is 9.55 Å². The molecule has 0 aliphatic heterocycles. The fraction of sp³-hybridized carbons (Fsp3) is 0.667. The van der Waals surface area contributed by atoms with Gasteiger partial charge in [-0.1, -0.05) is 6.92 Å². The van der Waals surface area contributed by atoms with Gasteiger partial charge in [0.1, 0.15) is 5.78 Å². The van der Waals surface area contributed by atoms with Gasteiger partial charge >= 0.3 is 0 Å². The van der Waals surface area contributed by atoms with E-state index in [9.17, 15) is 14.9 Å². The van der Waals surface area contributed by atoms with Crippen LogP contribution in [-0.2, 0) is 11.3 Å². The van der Waals surface area contributed by atoms with Gasteiger partial charge in [0, 0.05) is 49.5 Å². The number of hydrogen-bond acceptors (Lipinski definition) is 4. The van der Waals surface area contributed by atoms with Gasteiger partial charge in [0.05, 0.1) is 6.33 Å². The summed E-state index contributed by atoms with van der Waals surface area (Å²) in [5.74, 6) is 0.0372. The van der Waals surface area contributed by atoms with E-state index < -0.39 is 6.04 Å². The molecule has 0 aliphatic rings. The fourth-order valence-electron chi connectivity index (χ4n) is 1.66. The van der Waals surface area contributed by atoms with E-state index in [1.54, 1.807) is 19.4 Å². The molecule has 0 saturated heterocycles. The predicted molar refractivity (Wildman–Crippen MR) is 66.7 cm³/mol. The number of imidazole rings is 1. The Bertz CT molecular complexity index is 389. The summed E-state index contributed by atoms with van der Waals surface area (Å²) in [6.07, 6.45) is 6.63. The minimum Gasteiger partial charge on any atom is -0.337 e. The second-order valence-corrected chi connectivity index (χ2v) is 4.63. The molecule has 6 nitrogen and oxygen atoms in total. The van der Waals surface area contributed by atoms with Gasteiger partial charge in [0.25, 0.3) is 0 Å². The third-order valence-electron chi connectivity index (χ3n) is 3.10. The lowest BCUT2D eigenvalue weighted by atomic mass is 9.96. The molecule has 100 valence electrons. The Kier molecular flexibility index (Phi) is 5.48. The van der Waals surface area contributed by atoms with Gasteiger partial charge in [-0.3, -0.25) is 14.9 Å². The maximum Gasteiger partial charge on any atom is 0.210 e. The summed E-state index contributed by atoms with van der Waals surface area (Å²) < 4.78 is 1.85. The highest BCUT2D eigenvalue weighted by atomic mass is 16.6. The molecule has 0 N–H and O–H groups in total. The van der Waals surface area contributed by atoms with Gasteiger partial charge in [0.15, 0.2) is 0 Å². The Morgan fingerprint density at radius 3 is 2.72 bits per heavy atom. The molecule has 0 bridgehead atoms. The number of nitrogens with zero attached hydrogens (tertiary/aromatic N) is 3. The second kappa shape index (κ2) is 6.88. The van der Waals surface area contributed by atoms with Crippen molar-refractivity contribution in [2.45, 2.75) is 45.7 Å². The zero-order valence-corrected chi connectivity index (χ0v) is 10.8. The summed E-state index contributed by atoms with van der Waals surface area (Å²) in [4.78, 5) is 25.9. The van der Waals surface area contributed by atoms with Crippen LogP contribution in [0.15, 0.2) is 18.7 Å². The number of aryl methyl sites for hydroxylation is 1. The van der Waals surface area contributed by atoms with E-state index in [1.807, 2.05) is 17.7 Å². The summed E-state index contributed by atoms with van der Waals surface area (Å²) in [7, 11) is 0. The summed E-state index contributed by atoms with van der Waals surface area (Å²) in [5, 5.41) is 10.5. The Hall–Kier alpha value is -1.72. The van der Waals surface area contributed by atoms with Crippen LogP contribution in [0.1, 0.15) is 33.1 Å². The lowest BCUT2D eigenvalue weighted by Gasteiger charge is -2.11. The first-order chi connectivity index (χ1) is 8.50. The highest BCUT2D eigenvalue weighted by Gasteiger charge is 2.18. The number of carbonyl (C=O) groups excluding carboxylic acids is 1. The van der Waals surface area contributed by atoms with Crippen LogP contribution in [0.2, 0.25) is 0 Å². The first kappa shape index (κ1) is 14.3. The van der Waals surface area contributed by atoms with Crippen LogP contribution in [0.5, 0.6) is 0 Å². The Morgan fingerprint density at radius 2 is 2.17 bits per heavy atom. The molecule has 0 amide bonds. The molecule has 0 saturated carbocycles. The number of rotatable bonds is 8. The van der Waals surface area contributed by atoms with Gasteiger partial charge in [-0.2, -0.15) is 0 Å². The topological polar surface area (TPSA) is 78.0 Å². The molecular weight excluding hydrogens is 234 g/mol. The molecule has 6 heteroatoms. The van der Waals surface area contributed by atoms with Gasteiger partial charge in [-0.05, 0) is 6.42 Å². The summed E-state index contributed by atoms with van der Waals surface area (Å²) >= 11 is 0. The maximum absolute atomic E-state index is 11.8. The second-order valence-electron chi connectivity index (χ2n) is 4.63. The van der Waals surface area contributed by atoms with Crippen molar-refractivity contribution in [3.8, 4) is 0 Å². The molecule has 1 heterocycles. The van der Waals surface area contributed by atoms with E-state index >= 15 is 0 Å². The third kappa shape index (κ3) is 4.65. The van der Waals surface area contributed by atoms with Crippen molar-refractivity contribution in [2.75, 3.05) is 0 Å². The van der Waals surface area contributed by atoms with Crippen molar-refractivity contribution in [1.29, 1.82) is 0 Å². The number of carbonyl (C=O) groups is 1. The Morgan fingerprint density at radius 1 is 1.44 bits per heavy atom. The van der Waals surface area contributed by atoms with E-state index in [-0.39, 0.29) is 16.6 Å². The quantitative estimate of drug-likeness (QED) is 0.523. The Balaban J connectivity index is 2.26. The number of aromatic nitrogens is 2.